The second-order valence-corrected chi connectivity index (χ2v) is 8.40. The first-order valence-electron chi connectivity index (χ1n) is 8.48. The summed E-state index contributed by atoms with van der Waals surface area (Å²) in [4.78, 5) is 26.6. The molecule has 0 fully saturated rings. The highest BCUT2D eigenvalue weighted by Gasteiger charge is 2.25. The van der Waals surface area contributed by atoms with E-state index in [1.54, 1.807) is 18.9 Å². The summed E-state index contributed by atoms with van der Waals surface area (Å²) in [6.07, 6.45) is 0. The van der Waals surface area contributed by atoms with Gasteiger partial charge in [0.1, 0.15) is 6.04 Å². The molecule has 1 atom stereocenters. The van der Waals surface area contributed by atoms with E-state index >= 15 is 0 Å². The van der Waals surface area contributed by atoms with Crippen LogP contribution in [0.5, 0.6) is 0 Å². The molecule has 4 nitrogen and oxygen atoms in total. The predicted molar refractivity (Wildman–Crippen MR) is 116 cm³/mol. The van der Waals surface area contributed by atoms with Gasteiger partial charge in [0.2, 0.25) is 11.8 Å². The zero-order valence-electron chi connectivity index (χ0n) is 15.2. The maximum Gasteiger partial charge on any atom is 0.242 e. The van der Waals surface area contributed by atoms with Crippen molar-refractivity contribution in [3.63, 3.8) is 0 Å². The Balaban J connectivity index is 2.03. The van der Waals surface area contributed by atoms with Crippen LogP contribution >= 0.6 is 39.3 Å². The maximum absolute atomic E-state index is 12.8. The van der Waals surface area contributed by atoms with Crippen LogP contribution in [-0.2, 0) is 21.9 Å². The Morgan fingerprint density at radius 3 is 2.52 bits per heavy atom. The predicted octanol–water partition coefficient (Wildman–Crippen LogP) is 4.50. The fraction of sp³-hybridized carbons (Fsp3) is 0.300. The van der Waals surface area contributed by atoms with Gasteiger partial charge in [0.25, 0.3) is 0 Å². The van der Waals surface area contributed by atoms with Gasteiger partial charge < -0.3 is 10.2 Å². The molecule has 0 saturated heterocycles. The third-order valence-corrected chi connectivity index (χ3v) is 5.80. The quantitative estimate of drug-likeness (QED) is 0.619. The van der Waals surface area contributed by atoms with E-state index in [4.69, 9.17) is 11.6 Å². The van der Waals surface area contributed by atoms with Crippen molar-refractivity contribution < 1.29 is 9.59 Å². The molecule has 2 amide bonds. The summed E-state index contributed by atoms with van der Waals surface area (Å²) in [6.45, 7) is 2.13. The van der Waals surface area contributed by atoms with Crippen molar-refractivity contribution in [2.75, 3.05) is 12.8 Å². The van der Waals surface area contributed by atoms with Gasteiger partial charge in [-0.25, -0.2) is 0 Å². The van der Waals surface area contributed by atoms with Crippen LogP contribution in [0, 0.1) is 0 Å². The number of thioether (sulfide) groups is 1. The number of amides is 2. The Hall–Kier alpha value is -1.50. The molecule has 7 heteroatoms. The Bertz CT molecular complexity index is 786. The molecule has 0 aliphatic heterocycles. The van der Waals surface area contributed by atoms with Gasteiger partial charge >= 0.3 is 0 Å². The molecule has 27 heavy (non-hydrogen) atoms. The monoisotopic (exact) mass is 468 g/mol. The van der Waals surface area contributed by atoms with E-state index in [1.807, 2.05) is 48.5 Å². The van der Waals surface area contributed by atoms with Gasteiger partial charge in [0.15, 0.2) is 0 Å². The lowest BCUT2D eigenvalue weighted by atomic mass is 10.1. The maximum atomic E-state index is 12.8. The van der Waals surface area contributed by atoms with Crippen LogP contribution in [0.3, 0.4) is 0 Å². The Morgan fingerprint density at radius 1 is 1.19 bits per heavy atom. The zero-order chi connectivity index (χ0) is 19.8. The Morgan fingerprint density at radius 2 is 1.89 bits per heavy atom. The summed E-state index contributed by atoms with van der Waals surface area (Å²) in [7, 11) is 1.58. The van der Waals surface area contributed by atoms with Crippen molar-refractivity contribution in [2.45, 2.75) is 25.3 Å². The summed E-state index contributed by atoms with van der Waals surface area (Å²) < 4.78 is 0.942. The van der Waals surface area contributed by atoms with E-state index in [2.05, 4.69) is 21.2 Å². The molecule has 2 aromatic rings. The zero-order valence-corrected chi connectivity index (χ0v) is 18.4. The molecule has 144 valence electrons. The number of nitrogens with zero attached hydrogens (tertiary/aromatic N) is 1. The van der Waals surface area contributed by atoms with Crippen LogP contribution in [-0.4, -0.2) is 35.6 Å². The molecule has 2 aromatic carbocycles. The molecular weight excluding hydrogens is 448 g/mol. The first-order valence-corrected chi connectivity index (χ1v) is 10.8. The lowest BCUT2D eigenvalue weighted by molar-refractivity contribution is -0.138. The molecule has 0 saturated carbocycles. The molecule has 0 unspecified atom stereocenters. The Labute approximate surface area is 177 Å². The number of rotatable bonds is 8. The second-order valence-electron chi connectivity index (χ2n) is 6.06. The highest BCUT2D eigenvalue weighted by atomic mass is 79.9. The van der Waals surface area contributed by atoms with Crippen LogP contribution in [0.1, 0.15) is 18.1 Å². The third kappa shape index (κ3) is 6.87. The third-order valence-electron chi connectivity index (χ3n) is 4.06. The summed E-state index contributed by atoms with van der Waals surface area (Å²) in [5.74, 6) is 0.769. The van der Waals surface area contributed by atoms with Gasteiger partial charge in [-0.1, -0.05) is 51.8 Å². The molecule has 0 spiro atoms. The van der Waals surface area contributed by atoms with E-state index < -0.39 is 6.04 Å². The minimum Gasteiger partial charge on any atom is -0.357 e. The van der Waals surface area contributed by atoms with Crippen molar-refractivity contribution in [3.05, 3.63) is 69.2 Å². The Kier molecular flexibility index (Phi) is 8.67. The fourth-order valence-corrected chi connectivity index (χ4v) is 3.99. The lowest BCUT2D eigenvalue weighted by Gasteiger charge is -2.28. The first kappa shape index (κ1) is 21.8. The van der Waals surface area contributed by atoms with E-state index in [9.17, 15) is 9.59 Å². The minimum atomic E-state index is -0.544. The number of carbonyl (C=O) groups excluding carboxylic acids is 2. The highest BCUT2D eigenvalue weighted by Crippen LogP contribution is 2.19. The SMILES string of the molecule is CNC(=O)[C@@H](C)N(Cc1cccc(Br)c1)C(=O)CSCc1ccc(Cl)cc1. The van der Waals surface area contributed by atoms with Crippen LogP contribution < -0.4 is 5.32 Å². The first-order chi connectivity index (χ1) is 12.9. The van der Waals surface area contributed by atoms with Crippen LogP contribution in [0.15, 0.2) is 53.0 Å². The number of nitrogens with one attached hydrogen (secondary N) is 1. The standard InChI is InChI=1S/C20H22BrClN2O2S/c1-14(20(26)23-2)24(11-16-4-3-5-17(21)10-16)19(25)13-27-12-15-6-8-18(22)9-7-15/h3-10,14H,11-13H2,1-2H3,(H,23,26)/t14-/m1/s1. The van der Waals surface area contributed by atoms with Gasteiger partial charge in [0, 0.05) is 28.8 Å². The molecule has 0 radical (unpaired) electrons. The molecule has 0 aliphatic carbocycles. The smallest absolute Gasteiger partial charge is 0.242 e. The molecule has 0 aromatic heterocycles. The number of hydrogen-bond donors (Lipinski definition) is 1. The molecule has 0 aliphatic rings. The number of benzene rings is 2. The average molecular weight is 470 g/mol. The fourth-order valence-electron chi connectivity index (χ4n) is 2.54. The summed E-state index contributed by atoms with van der Waals surface area (Å²) in [6, 6.07) is 14.8. The van der Waals surface area contributed by atoms with Gasteiger partial charge in [-0.15, -0.1) is 11.8 Å². The minimum absolute atomic E-state index is 0.0648. The van der Waals surface area contributed by atoms with Crippen molar-refractivity contribution in [1.82, 2.24) is 10.2 Å². The summed E-state index contributed by atoms with van der Waals surface area (Å²) >= 11 is 10.9. The van der Waals surface area contributed by atoms with Gasteiger partial charge in [-0.3, -0.25) is 9.59 Å². The molecule has 0 heterocycles. The van der Waals surface area contributed by atoms with E-state index in [-0.39, 0.29) is 11.8 Å². The number of likely N-dealkylation sites (N-methyl/N-ethyl adjacent to an activating group) is 1. The number of halogens is 2. The summed E-state index contributed by atoms with van der Waals surface area (Å²) in [5.41, 5.74) is 2.08. The van der Waals surface area contributed by atoms with Crippen molar-refractivity contribution in [3.8, 4) is 0 Å². The van der Waals surface area contributed by atoms with Crippen molar-refractivity contribution in [2.24, 2.45) is 0 Å². The van der Waals surface area contributed by atoms with Crippen molar-refractivity contribution >= 4 is 51.1 Å². The topological polar surface area (TPSA) is 49.4 Å². The van der Waals surface area contributed by atoms with Gasteiger partial charge in [-0.2, -0.15) is 0 Å². The normalized spacial score (nSPS) is 11.7. The van der Waals surface area contributed by atoms with E-state index in [1.165, 1.54) is 11.8 Å². The van der Waals surface area contributed by atoms with Crippen LogP contribution in [0.4, 0.5) is 0 Å². The lowest BCUT2D eigenvalue weighted by Crippen LogP contribution is -2.47. The van der Waals surface area contributed by atoms with Gasteiger partial charge in [0.05, 0.1) is 5.75 Å². The van der Waals surface area contributed by atoms with Crippen LogP contribution in [0.2, 0.25) is 5.02 Å². The molecular formula is C20H22BrClN2O2S. The molecule has 0 bridgehead atoms. The largest absolute Gasteiger partial charge is 0.357 e. The number of carbonyl (C=O) groups is 2. The average Bonchev–Trinajstić information content (AvgIpc) is 2.66. The highest BCUT2D eigenvalue weighted by molar-refractivity contribution is 9.10. The van der Waals surface area contributed by atoms with Gasteiger partial charge in [-0.05, 0) is 42.3 Å². The van der Waals surface area contributed by atoms with Crippen molar-refractivity contribution in [1.29, 1.82) is 0 Å². The van der Waals surface area contributed by atoms with Crippen LogP contribution in [0.25, 0.3) is 0 Å². The van der Waals surface area contributed by atoms with E-state index in [0.29, 0.717) is 23.1 Å². The second kappa shape index (κ2) is 10.7. The molecule has 1 N–H and O–H groups in total. The number of hydrogen-bond acceptors (Lipinski definition) is 3. The van der Waals surface area contributed by atoms with E-state index in [0.717, 1.165) is 15.6 Å². The summed E-state index contributed by atoms with van der Waals surface area (Å²) in [5, 5.41) is 3.32. The molecule has 2 rings (SSSR count).